The first-order valence-corrected chi connectivity index (χ1v) is 11.2. The molecule has 0 aromatic heterocycles. The fraction of sp³-hybridized carbons (Fsp3) is 0.864. The Bertz CT molecular complexity index is 634. The summed E-state index contributed by atoms with van der Waals surface area (Å²) in [7, 11) is 0. The minimum Gasteiger partial charge on any atom is -0.463 e. The molecule has 3 heterocycles. The van der Waals surface area contributed by atoms with Crippen LogP contribution in [0.3, 0.4) is 0 Å². The average Bonchev–Trinajstić information content (AvgIpc) is 3.15. The lowest BCUT2D eigenvalue weighted by Gasteiger charge is -2.28. The van der Waals surface area contributed by atoms with E-state index in [1.165, 1.54) is 4.90 Å². The molecule has 0 aliphatic carbocycles. The predicted molar refractivity (Wildman–Crippen MR) is 109 cm³/mol. The van der Waals surface area contributed by atoms with Gasteiger partial charge in [-0.15, -0.1) is 0 Å². The van der Waals surface area contributed by atoms with Crippen molar-refractivity contribution in [2.24, 2.45) is 11.8 Å². The van der Waals surface area contributed by atoms with Crippen molar-refractivity contribution < 1.29 is 38.1 Å². The van der Waals surface area contributed by atoms with Crippen molar-refractivity contribution in [3.8, 4) is 0 Å². The van der Waals surface area contributed by atoms with E-state index in [-0.39, 0.29) is 36.9 Å². The molecule has 0 N–H and O–H groups in total. The van der Waals surface area contributed by atoms with Crippen LogP contribution in [0, 0.1) is 11.8 Å². The van der Waals surface area contributed by atoms with Gasteiger partial charge in [-0.25, -0.2) is 4.79 Å². The summed E-state index contributed by atoms with van der Waals surface area (Å²) in [6, 6.07) is -0.397. The molecular formula is C22H35NO8. The van der Waals surface area contributed by atoms with E-state index in [1.54, 1.807) is 20.8 Å². The van der Waals surface area contributed by atoms with Gasteiger partial charge in [0.2, 0.25) is 0 Å². The zero-order valence-electron chi connectivity index (χ0n) is 18.8. The fourth-order valence-corrected chi connectivity index (χ4v) is 4.08. The van der Waals surface area contributed by atoms with E-state index in [0.717, 1.165) is 0 Å². The normalized spacial score (nSPS) is 25.8. The zero-order valence-corrected chi connectivity index (χ0v) is 18.8. The summed E-state index contributed by atoms with van der Waals surface area (Å²) in [6.07, 6.45) is 2.05. The van der Waals surface area contributed by atoms with E-state index >= 15 is 0 Å². The second kappa shape index (κ2) is 10.6. The van der Waals surface area contributed by atoms with Crippen LogP contribution >= 0.6 is 0 Å². The number of likely N-dealkylation sites (tertiary alicyclic amines) is 1. The van der Waals surface area contributed by atoms with Crippen LogP contribution in [-0.4, -0.2) is 80.3 Å². The van der Waals surface area contributed by atoms with Crippen molar-refractivity contribution >= 4 is 18.0 Å². The Hall–Kier alpha value is -1.87. The number of carbonyl (C=O) groups excluding carboxylic acids is 3. The second-order valence-corrected chi connectivity index (χ2v) is 9.48. The summed E-state index contributed by atoms with van der Waals surface area (Å²) < 4.78 is 27.4. The van der Waals surface area contributed by atoms with Gasteiger partial charge in [-0.1, -0.05) is 0 Å². The molecule has 0 aromatic rings. The summed E-state index contributed by atoms with van der Waals surface area (Å²) in [5, 5.41) is 0. The van der Waals surface area contributed by atoms with Crippen molar-refractivity contribution in [2.45, 2.75) is 70.6 Å². The van der Waals surface area contributed by atoms with Gasteiger partial charge in [-0.2, -0.15) is 0 Å². The average molecular weight is 442 g/mol. The Kier molecular flexibility index (Phi) is 8.16. The third kappa shape index (κ3) is 7.07. The highest BCUT2D eigenvalue weighted by Gasteiger charge is 2.41. The molecule has 9 heteroatoms. The third-order valence-electron chi connectivity index (χ3n) is 5.81. The lowest BCUT2D eigenvalue weighted by atomic mass is 10.0. The van der Waals surface area contributed by atoms with Gasteiger partial charge in [-0.3, -0.25) is 14.5 Å². The molecule has 3 aliphatic rings. The summed E-state index contributed by atoms with van der Waals surface area (Å²) in [5.41, 5.74) is -0.655. The van der Waals surface area contributed by atoms with Gasteiger partial charge in [0.05, 0.1) is 24.4 Å². The zero-order chi connectivity index (χ0) is 22.4. The second-order valence-electron chi connectivity index (χ2n) is 9.48. The van der Waals surface area contributed by atoms with Gasteiger partial charge in [0.15, 0.2) is 0 Å². The highest BCUT2D eigenvalue weighted by atomic mass is 16.6. The predicted octanol–water partition coefficient (Wildman–Crippen LogP) is 2.30. The van der Waals surface area contributed by atoms with Crippen LogP contribution < -0.4 is 0 Å². The first-order valence-electron chi connectivity index (χ1n) is 11.2. The molecule has 2 atom stereocenters. The molecule has 3 fully saturated rings. The molecule has 0 bridgehead atoms. The van der Waals surface area contributed by atoms with Crippen LogP contribution in [0.2, 0.25) is 0 Å². The number of esters is 2. The van der Waals surface area contributed by atoms with E-state index in [0.29, 0.717) is 58.5 Å². The highest BCUT2D eigenvalue weighted by Crippen LogP contribution is 2.26. The first-order chi connectivity index (χ1) is 14.7. The minimum absolute atomic E-state index is 0.0563. The lowest BCUT2D eigenvalue weighted by molar-refractivity contribution is -0.157. The lowest BCUT2D eigenvalue weighted by Crippen LogP contribution is -2.42. The van der Waals surface area contributed by atoms with E-state index in [4.69, 9.17) is 23.7 Å². The van der Waals surface area contributed by atoms with Gasteiger partial charge < -0.3 is 23.7 Å². The summed E-state index contributed by atoms with van der Waals surface area (Å²) in [5.74, 6) is -0.867. The fourth-order valence-electron chi connectivity index (χ4n) is 4.08. The van der Waals surface area contributed by atoms with Crippen LogP contribution in [0.4, 0.5) is 4.79 Å². The Morgan fingerprint density at radius 1 is 0.903 bits per heavy atom. The number of nitrogens with zero attached hydrogens (tertiary/aromatic N) is 1. The van der Waals surface area contributed by atoms with Crippen LogP contribution in [0.25, 0.3) is 0 Å². The number of ether oxygens (including phenoxy) is 5. The molecule has 0 radical (unpaired) electrons. The molecule has 31 heavy (non-hydrogen) atoms. The Morgan fingerprint density at radius 3 is 2.00 bits per heavy atom. The largest absolute Gasteiger partial charge is 0.463 e. The maximum atomic E-state index is 12.7. The van der Waals surface area contributed by atoms with Crippen LogP contribution in [0.1, 0.15) is 52.9 Å². The van der Waals surface area contributed by atoms with Crippen LogP contribution in [0.15, 0.2) is 0 Å². The molecule has 3 saturated heterocycles. The van der Waals surface area contributed by atoms with E-state index in [9.17, 15) is 14.4 Å². The smallest absolute Gasteiger partial charge is 0.410 e. The molecule has 176 valence electrons. The summed E-state index contributed by atoms with van der Waals surface area (Å²) >= 11 is 0. The topological polar surface area (TPSA) is 101 Å². The molecule has 3 rings (SSSR count). The number of carbonyl (C=O) groups is 3. The molecule has 1 amide bonds. The molecule has 9 nitrogen and oxygen atoms in total. The van der Waals surface area contributed by atoms with E-state index < -0.39 is 23.8 Å². The number of amides is 1. The van der Waals surface area contributed by atoms with Gasteiger partial charge >= 0.3 is 18.0 Å². The van der Waals surface area contributed by atoms with Crippen molar-refractivity contribution in [3.05, 3.63) is 0 Å². The quantitative estimate of drug-likeness (QED) is 0.473. The van der Waals surface area contributed by atoms with E-state index in [1.807, 2.05) is 0 Å². The highest BCUT2D eigenvalue weighted by molar-refractivity contribution is 5.74. The number of hydrogen-bond donors (Lipinski definition) is 0. The number of hydrogen-bond acceptors (Lipinski definition) is 8. The minimum atomic E-state index is -0.655. The Balaban J connectivity index is 1.58. The molecule has 3 aliphatic heterocycles. The van der Waals surface area contributed by atoms with Gasteiger partial charge in [0, 0.05) is 32.8 Å². The van der Waals surface area contributed by atoms with Crippen LogP contribution in [0.5, 0.6) is 0 Å². The van der Waals surface area contributed by atoms with Crippen molar-refractivity contribution in [2.75, 3.05) is 39.6 Å². The monoisotopic (exact) mass is 441 g/mol. The van der Waals surface area contributed by atoms with Crippen molar-refractivity contribution in [1.29, 1.82) is 0 Å². The molecule has 0 spiro atoms. The van der Waals surface area contributed by atoms with Gasteiger partial charge in [-0.05, 0) is 46.5 Å². The maximum Gasteiger partial charge on any atom is 0.410 e. The standard InChI is InChI=1S/C22H35NO8/c1-22(2,3)31-21(26)23-13-18(30-20(25)16-6-10-28-11-7-16)12-17(23)14-29-19(24)15-4-8-27-9-5-15/h15-18H,4-14H2,1-3H3/t17-,18-/m1/s1. The molecule has 0 unspecified atom stereocenters. The molecule has 0 aromatic carbocycles. The summed E-state index contributed by atoms with van der Waals surface area (Å²) in [6.45, 7) is 7.88. The first kappa shape index (κ1) is 23.8. The van der Waals surface area contributed by atoms with Crippen molar-refractivity contribution in [1.82, 2.24) is 4.90 Å². The summed E-state index contributed by atoms with van der Waals surface area (Å²) in [4.78, 5) is 39.2. The molecule has 0 saturated carbocycles. The SMILES string of the molecule is CC(C)(C)OC(=O)N1C[C@H](OC(=O)C2CCOCC2)C[C@@H]1COC(=O)C1CCOCC1. The Labute approximate surface area is 183 Å². The third-order valence-corrected chi connectivity index (χ3v) is 5.81. The van der Waals surface area contributed by atoms with Crippen molar-refractivity contribution in [3.63, 3.8) is 0 Å². The number of rotatable bonds is 5. The maximum absolute atomic E-state index is 12.7. The molecular weight excluding hydrogens is 406 g/mol. The van der Waals surface area contributed by atoms with Gasteiger partial charge in [0.25, 0.3) is 0 Å². The van der Waals surface area contributed by atoms with Crippen LogP contribution in [-0.2, 0) is 33.3 Å². The Morgan fingerprint density at radius 2 is 1.45 bits per heavy atom. The van der Waals surface area contributed by atoms with E-state index in [2.05, 4.69) is 0 Å². The van der Waals surface area contributed by atoms with Gasteiger partial charge in [0.1, 0.15) is 18.3 Å².